The van der Waals surface area contributed by atoms with Crippen molar-refractivity contribution in [3.8, 4) is 0 Å². The van der Waals surface area contributed by atoms with Crippen LogP contribution in [0.2, 0.25) is 23.7 Å². The minimum absolute atomic E-state index is 0.0234. The molecule has 2 fully saturated rings. The molecule has 8 unspecified atom stereocenters. The van der Waals surface area contributed by atoms with Crippen LogP contribution in [0.15, 0.2) is 97.2 Å². The van der Waals surface area contributed by atoms with Crippen LogP contribution in [0.1, 0.15) is 46.5 Å². The summed E-state index contributed by atoms with van der Waals surface area (Å²) in [6.07, 6.45) is 44.8. The second-order valence-corrected chi connectivity index (χ2v) is 19.2. The maximum Gasteiger partial charge on any atom is 0.0598 e. The summed E-state index contributed by atoms with van der Waals surface area (Å²) in [7, 11) is -1.79. The van der Waals surface area contributed by atoms with E-state index < -0.39 is 8.07 Å². The van der Waals surface area contributed by atoms with E-state index in [2.05, 4.69) is 125 Å². The van der Waals surface area contributed by atoms with Gasteiger partial charge in [-0.3, -0.25) is 0 Å². The Labute approximate surface area is 239 Å². The highest BCUT2D eigenvalue weighted by Crippen LogP contribution is 2.67. The predicted octanol–water partition coefficient (Wildman–Crippen LogP) is 9.64. The van der Waals surface area contributed by atoms with Gasteiger partial charge in [0.1, 0.15) is 0 Å². The van der Waals surface area contributed by atoms with Gasteiger partial charge in [-0.15, -0.1) is 0 Å². The topological polar surface area (TPSA) is 9.23 Å². The van der Waals surface area contributed by atoms with Crippen molar-refractivity contribution in [2.24, 2.45) is 47.3 Å². The molecule has 0 bridgehead atoms. The predicted molar refractivity (Wildman–Crippen MR) is 169 cm³/mol. The van der Waals surface area contributed by atoms with E-state index in [0.29, 0.717) is 47.3 Å². The summed E-state index contributed by atoms with van der Waals surface area (Å²) < 4.78 is 6.03. The molecule has 0 aromatic heterocycles. The quantitative estimate of drug-likeness (QED) is 0.210. The Kier molecular flexibility index (Phi) is 7.81. The highest BCUT2D eigenvalue weighted by molar-refractivity contribution is 6.82. The molecule has 2 saturated carbocycles. The Bertz CT molecular complexity index is 983. The lowest BCUT2D eigenvalue weighted by atomic mass is 9.83. The number of allylic oxidation sites excluding steroid dienone is 16. The Morgan fingerprint density at radius 3 is 1.18 bits per heavy atom. The fourth-order valence-electron chi connectivity index (χ4n) is 9.71. The van der Waals surface area contributed by atoms with Gasteiger partial charge in [0.2, 0.25) is 0 Å². The molecular weight excluding hydrogens is 488 g/mol. The average molecular weight is 539 g/mol. The molecule has 6 rings (SSSR count). The van der Waals surface area contributed by atoms with Crippen LogP contribution in [0.4, 0.5) is 0 Å². The van der Waals surface area contributed by atoms with Gasteiger partial charge in [0, 0.05) is 6.61 Å². The maximum absolute atomic E-state index is 6.03. The fraction of sp³-hybridized carbons (Fsp3) is 0.568. The maximum atomic E-state index is 6.03. The highest BCUT2D eigenvalue weighted by Gasteiger charge is 2.62. The molecule has 6 aliphatic carbocycles. The first-order valence-electron chi connectivity index (χ1n) is 15.9. The van der Waals surface area contributed by atoms with Crippen molar-refractivity contribution >= 4 is 8.07 Å². The van der Waals surface area contributed by atoms with Gasteiger partial charge >= 0.3 is 0 Å². The van der Waals surface area contributed by atoms with Gasteiger partial charge in [-0.1, -0.05) is 129 Å². The Morgan fingerprint density at radius 1 is 0.487 bits per heavy atom. The smallest absolute Gasteiger partial charge is 0.0598 e. The largest absolute Gasteiger partial charge is 0.376 e. The summed E-state index contributed by atoms with van der Waals surface area (Å²) in [5, 5.41) is 0. The summed E-state index contributed by atoms with van der Waals surface area (Å²) in [6, 6.07) is 1.46. The zero-order chi connectivity index (χ0) is 27.0. The van der Waals surface area contributed by atoms with Gasteiger partial charge in [0.05, 0.1) is 13.7 Å². The number of hydrogen-bond donors (Lipinski definition) is 0. The van der Waals surface area contributed by atoms with E-state index in [1.807, 2.05) is 0 Å². The summed E-state index contributed by atoms with van der Waals surface area (Å²) >= 11 is 0. The van der Waals surface area contributed by atoms with Crippen LogP contribution in [-0.2, 0) is 4.74 Å². The third-order valence-electron chi connectivity index (χ3n) is 11.1. The molecule has 2 heteroatoms. The molecule has 0 aromatic carbocycles. The number of rotatable bonds is 9. The van der Waals surface area contributed by atoms with E-state index in [1.54, 1.807) is 0 Å². The molecule has 39 heavy (non-hydrogen) atoms. The van der Waals surface area contributed by atoms with Gasteiger partial charge in [-0.25, -0.2) is 0 Å². The van der Waals surface area contributed by atoms with E-state index in [0.717, 1.165) is 17.7 Å². The fourth-order valence-corrected chi connectivity index (χ4v) is 16.7. The monoisotopic (exact) mass is 538 g/mol. The number of hydrogen-bond acceptors (Lipinski definition) is 1. The zero-order valence-electron chi connectivity index (χ0n) is 24.7. The second kappa shape index (κ2) is 11.2. The van der Waals surface area contributed by atoms with Crippen LogP contribution >= 0.6 is 0 Å². The molecule has 0 N–H and O–H groups in total. The van der Waals surface area contributed by atoms with Gasteiger partial charge in [0.25, 0.3) is 0 Å². The lowest BCUT2D eigenvalue weighted by Gasteiger charge is -2.48. The van der Waals surface area contributed by atoms with E-state index in [4.69, 9.17) is 4.74 Å². The third-order valence-corrected chi connectivity index (χ3v) is 17.1. The second-order valence-electron chi connectivity index (χ2n) is 14.4. The number of ether oxygens (including phenoxy) is 1. The lowest BCUT2D eigenvalue weighted by molar-refractivity contribution is -0.00471. The summed E-state index contributed by atoms with van der Waals surface area (Å²) in [5.41, 5.74) is 1.59. The van der Waals surface area contributed by atoms with E-state index in [1.165, 1.54) is 31.7 Å². The van der Waals surface area contributed by atoms with Crippen LogP contribution in [0.3, 0.4) is 0 Å². The van der Waals surface area contributed by atoms with Crippen molar-refractivity contribution in [2.45, 2.75) is 75.7 Å². The van der Waals surface area contributed by atoms with Gasteiger partial charge in [0.15, 0.2) is 0 Å². The van der Waals surface area contributed by atoms with Crippen molar-refractivity contribution in [3.63, 3.8) is 0 Å². The van der Waals surface area contributed by atoms with E-state index in [9.17, 15) is 0 Å². The SMILES string of the molecule is CC(C)(C)OCCCCCC[Si](C)(C1C2C=CC=CC2C2C=CC=CC21)C1C2C=CC=CC2C2C=CC=CC21. The van der Waals surface area contributed by atoms with Crippen molar-refractivity contribution < 1.29 is 4.74 Å². The Morgan fingerprint density at radius 2 is 0.821 bits per heavy atom. The first-order valence-corrected chi connectivity index (χ1v) is 18.8. The van der Waals surface area contributed by atoms with Gasteiger partial charge < -0.3 is 4.74 Å². The van der Waals surface area contributed by atoms with Crippen molar-refractivity contribution in [2.75, 3.05) is 6.61 Å². The number of fused-ring (bicyclic) bond motifs is 6. The minimum atomic E-state index is -1.79. The van der Waals surface area contributed by atoms with Crippen LogP contribution in [-0.4, -0.2) is 20.3 Å². The zero-order valence-corrected chi connectivity index (χ0v) is 25.7. The van der Waals surface area contributed by atoms with E-state index >= 15 is 0 Å². The molecule has 1 nitrogen and oxygen atoms in total. The first-order chi connectivity index (χ1) is 18.9. The Balaban J connectivity index is 1.30. The van der Waals surface area contributed by atoms with Crippen LogP contribution in [0.25, 0.3) is 0 Å². The van der Waals surface area contributed by atoms with Crippen molar-refractivity contribution in [3.05, 3.63) is 97.2 Å². The molecule has 0 aromatic rings. The normalized spacial score (nSPS) is 40.4. The summed E-state index contributed by atoms with van der Waals surface area (Å²) in [5.74, 6) is 5.45. The summed E-state index contributed by atoms with van der Waals surface area (Å²) in [6.45, 7) is 10.3. The third kappa shape index (κ3) is 5.17. The molecular formula is C37H50OSi. The molecule has 8 atom stereocenters. The van der Waals surface area contributed by atoms with Crippen LogP contribution in [0.5, 0.6) is 0 Å². The van der Waals surface area contributed by atoms with Crippen LogP contribution in [0, 0.1) is 47.3 Å². The highest BCUT2D eigenvalue weighted by atomic mass is 28.3. The van der Waals surface area contributed by atoms with Crippen LogP contribution < -0.4 is 0 Å². The van der Waals surface area contributed by atoms with Gasteiger partial charge in [-0.2, -0.15) is 0 Å². The molecule has 0 amide bonds. The molecule has 0 aliphatic heterocycles. The molecule has 0 spiro atoms. The van der Waals surface area contributed by atoms with Gasteiger partial charge in [-0.05, 0) is 85.6 Å². The molecule has 0 radical (unpaired) electrons. The standard InChI is InChI=1S/C37H50OSi/c1-37(2,3)38-25-15-5-6-16-26-39(4,35-31-21-11-7-17-27(31)28-18-8-12-22-32(28)35)36-33-23-13-9-19-29(33)30-20-10-14-24-34(30)36/h7-14,17-24,27-36H,5-6,15-16,25-26H2,1-4H3. The van der Waals surface area contributed by atoms with E-state index in [-0.39, 0.29) is 5.60 Å². The minimum Gasteiger partial charge on any atom is -0.376 e. The average Bonchev–Trinajstić information content (AvgIpc) is 3.46. The molecule has 6 aliphatic rings. The molecule has 208 valence electrons. The van der Waals surface area contributed by atoms with Crippen molar-refractivity contribution in [1.29, 1.82) is 0 Å². The molecule has 0 saturated heterocycles. The summed E-state index contributed by atoms with van der Waals surface area (Å²) in [4.78, 5) is 0. The molecule has 0 heterocycles. The lowest BCUT2D eigenvalue weighted by Crippen LogP contribution is -2.49. The van der Waals surface area contributed by atoms with Crippen molar-refractivity contribution in [1.82, 2.24) is 0 Å². The Hall–Kier alpha value is -1.90. The first kappa shape index (κ1) is 27.3. The number of unbranched alkanes of at least 4 members (excludes halogenated alkanes) is 3.